The van der Waals surface area contributed by atoms with Gasteiger partial charge in [-0.25, -0.2) is 0 Å². The van der Waals surface area contributed by atoms with Crippen LogP contribution in [0.5, 0.6) is 0 Å². The van der Waals surface area contributed by atoms with E-state index < -0.39 is 0 Å². The number of nitriles is 2. The lowest BCUT2D eigenvalue weighted by Crippen LogP contribution is -2.05. The average Bonchev–Trinajstić information content (AvgIpc) is 3.57. The molecule has 0 amide bonds. The normalized spacial score (nSPS) is 11.3. The lowest BCUT2D eigenvalue weighted by atomic mass is 9.95. The molecule has 0 aliphatic rings. The van der Waals surface area contributed by atoms with Gasteiger partial charge in [0.1, 0.15) is 12.1 Å². The number of rotatable bonds is 3. The minimum Gasteiger partial charge on any atom is -0.307 e. The summed E-state index contributed by atoms with van der Waals surface area (Å²) in [5.74, 6) is 0. The maximum atomic E-state index is 10.4. The summed E-state index contributed by atoms with van der Waals surface area (Å²) in [6.45, 7) is 0. The number of hydrogen-bond acceptors (Lipinski definition) is 2. The first-order chi connectivity index (χ1) is 20.8. The predicted molar refractivity (Wildman–Crippen MR) is 170 cm³/mol. The van der Waals surface area contributed by atoms with Crippen LogP contribution in [-0.2, 0) is 0 Å². The fraction of sp³-hybridized carbons (Fsp3) is 0. The van der Waals surface area contributed by atoms with Crippen molar-refractivity contribution < 1.29 is 0 Å². The molecule has 4 nitrogen and oxygen atoms in total. The Morgan fingerprint density at radius 1 is 0.357 bits per heavy atom. The van der Waals surface area contributed by atoms with Crippen LogP contribution in [0.3, 0.4) is 0 Å². The number of benzene rings is 6. The Bertz CT molecular complexity index is 2160. The fourth-order valence-electron chi connectivity index (χ4n) is 6.51. The molecule has 0 saturated carbocycles. The maximum Gasteiger partial charge on any atom is 0.101 e. The van der Waals surface area contributed by atoms with Crippen molar-refractivity contribution in [2.45, 2.75) is 0 Å². The van der Waals surface area contributed by atoms with Gasteiger partial charge >= 0.3 is 0 Å². The molecule has 0 atom stereocenters. The van der Waals surface area contributed by atoms with E-state index in [1.165, 1.54) is 0 Å². The Hall–Kier alpha value is -6.10. The Balaban J connectivity index is 1.55. The third-order valence-electron chi connectivity index (χ3n) is 8.21. The van der Waals surface area contributed by atoms with Crippen molar-refractivity contribution in [2.24, 2.45) is 0 Å². The van der Waals surface area contributed by atoms with E-state index in [0.29, 0.717) is 11.1 Å². The van der Waals surface area contributed by atoms with Gasteiger partial charge in [-0.1, -0.05) is 97.1 Å². The van der Waals surface area contributed by atoms with Gasteiger partial charge in [0.2, 0.25) is 0 Å². The first-order valence-corrected chi connectivity index (χ1v) is 13.8. The monoisotopic (exact) mass is 534 g/mol. The van der Waals surface area contributed by atoms with Crippen molar-refractivity contribution in [3.05, 3.63) is 145 Å². The van der Waals surface area contributed by atoms with Gasteiger partial charge in [0, 0.05) is 32.7 Å². The van der Waals surface area contributed by atoms with Crippen LogP contribution in [0.25, 0.3) is 66.1 Å². The summed E-state index contributed by atoms with van der Waals surface area (Å²) in [5, 5.41) is 25.4. The van der Waals surface area contributed by atoms with E-state index in [0.717, 1.165) is 66.1 Å². The second-order valence-electron chi connectivity index (χ2n) is 10.4. The van der Waals surface area contributed by atoms with Gasteiger partial charge in [0.05, 0.1) is 44.6 Å². The van der Waals surface area contributed by atoms with E-state index in [1.54, 1.807) is 0 Å². The third-order valence-corrected chi connectivity index (χ3v) is 8.21. The van der Waals surface area contributed by atoms with Gasteiger partial charge in [0.15, 0.2) is 0 Å². The first-order valence-electron chi connectivity index (χ1n) is 13.8. The number of aromatic nitrogens is 2. The lowest BCUT2D eigenvalue weighted by molar-refractivity contribution is 1.15. The molecule has 194 valence electrons. The van der Waals surface area contributed by atoms with Crippen LogP contribution in [-0.4, -0.2) is 9.13 Å². The molecule has 8 rings (SSSR count). The number of nitrogens with zero attached hydrogens (tertiary/aromatic N) is 4. The van der Waals surface area contributed by atoms with E-state index in [1.807, 2.05) is 72.8 Å². The molecule has 0 aliphatic heterocycles. The molecule has 0 N–H and O–H groups in total. The molecular formula is C38H22N4. The van der Waals surface area contributed by atoms with Crippen molar-refractivity contribution in [2.75, 3.05) is 0 Å². The van der Waals surface area contributed by atoms with Gasteiger partial charge < -0.3 is 9.13 Å². The Labute approximate surface area is 242 Å². The highest BCUT2D eigenvalue weighted by Crippen LogP contribution is 2.42. The minimum atomic E-state index is 0.564. The van der Waals surface area contributed by atoms with E-state index in [4.69, 9.17) is 0 Å². The number of fused-ring (bicyclic) bond motifs is 6. The molecule has 2 aromatic heterocycles. The summed E-state index contributed by atoms with van der Waals surface area (Å²) in [6.07, 6.45) is 0. The zero-order valence-corrected chi connectivity index (χ0v) is 22.5. The summed E-state index contributed by atoms with van der Waals surface area (Å²) in [7, 11) is 0. The Morgan fingerprint density at radius 2 is 0.667 bits per heavy atom. The van der Waals surface area contributed by atoms with Gasteiger partial charge in [-0.15, -0.1) is 0 Å². The van der Waals surface area contributed by atoms with Crippen molar-refractivity contribution in [3.8, 4) is 34.6 Å². The molecule has 0 fully saturated rings. The van der Waals surface area contributed by atoms with Gasteiger partial charge in [-0.3, -0.25) is 0 Å². The molecule has 0 radical (unpaired) electrons. The average molecular weight is 535 g/mol. The molecule has 0 saturated heterocycles. The zero-order chi connectivity index (χ0) is 28.2. The van der Waals surface area contributed by atoms with Crippen LogP contribution < -0.4 is 0 Å². The van der Waals surface area contributed by atoms with Gasteiger partial charge in [-0.05, 0) is 36.4 Å². The topological polar surface area (TPSA) is 57.4 Å². The van der Waals surface area contributed by atoms with E-state index in [-0.39, 0.29) is 0 Å². The highest BCUT2D eigenvalue weighted by Gasteiger charge is 2.23. The van der Waals surface area contributed by atoms with E-state index >= 15 is 0 Å². The maximum absolute atomic E-state index is 10.4. The van der Waals surface area contributed by atoms with Crippen LogP contribution in [0, 0.1) is 22.7 Å². The summed E-state index contributed by atoms with van der Waals surface area (Å²) in [5.41, 5.74) is 8.60. The van der Waals surface area contributed by atoms with Crippen molar-refractivity contribution in [1.29, 1.82) is 10.5 Å². The molecular weight excluding hydrogens is 512 g/mol. The number of para-hydroxylation sites is 6. The smallest absolute Gasteiger partial charge is 0.101 e. The Kier molecular flexibility index (Phi) is 5.22. The molecule has 0 unspecified atom stereocenters. The zero-order valence-electron chi connectivity index (χ0n) is 22.5. The highest BCUT2D eigenvalue weighted by molar-refractivity contribution is 6.11. The second-order valence-corrected chi connectivity index (χ2v) is 10.4. The van der Waals surface area contributed by atoms with Crippen molar-refractivity contribution in [1.82, 2.24) is 9.13 Å². The summed E-state index contributed by atoms with van der Waals surface area (Å²) < 4.78 is 4.40. The molecule has 6 aromatic carbocycles. The van der Waals surface area contributed by atoms with Gasteiger partial charge in [-0.2, -0.15) is 10.5 Å². The fourth-order valence-corrected chi connectivity index (χ4v) is 6.51. The molecule has 42 heavy (non-hydrogen) atoms. The SMILES string of the molecule is N#Cc1cccc(-c2cccc(C#N)c2-n2c3ccccc3c3ccccc32)c1-n1c2ccccc2c2ccccc21. The van der Waals surface area contributed by atoms with Crippen molar-refractivity contribution in [3.63, 3.8) is 0 Å². The van der Waals surface area contributed by atoms with Crippen LogP contribution in [0.15, 0.2) is 133 Å². The molecule has 2 heterocycles. The largest absolute Gasteiger partial charge is 0.307 e. The molecule has 0 spiro atoms. The number of hydrogen-bond donors (Lipinski definition) is 0. The Morgan fingerprint density at radius 3 is 0.976 bits per heavy atom. The minimum absolute atomic E-state index is 0.564. The predicted octanol–water partition coefficient (Wildman–Crippen LogP) is 9.29. The summed E-state index contributed by atoms with van der Waals surface area (Å²) >= 11 is 0. The van der Waals surface area contributed by atoms with Crippen molar-refractivity contribution >= 4 is 43.6 Å². The van der Waals surface area contributed by atoms with Crippen LogP contribution >= 0.6 is 0 Å². The standard InChI is InChI=1S/C38H22N4/c39-23-25-11-9-17-31(37(25)41-33-19-5-1-13-27(33)28-14-2-6-20-34(28)41)32-18-10-12-26(24-40)38(32)42-35-21-7-3-15-29(35)30-16-4-8-22-36(30)42/h1-22H. The highest BCUT2D eigenvalue weighted by atomic mass is 15.0. The van der Waals surface area contributed by atoms with Gasteiger partial charge in [0.25, 0.3) is 0 Å². The van der Waals surface area contributed by atoms with Crippen LogP contribution in [0.1, 0.15) is 11.1 Å². The second kappa shape index (κ2) is 9.24. The lowest BCUT2D eigenvalue weighted by Gasteiger charge is -2.20. The van der Waals surface area contributed by atoms with E-state index in [9.17, 15) is 10.5 Å². The molecule has 8 aromatic rings. The molecule has 0 bridgehead atoms. The molecule has 0 aliphatic carbocycles. The van der Waals surface area contributed by atoms with Crippen LogP contribution in [0.4, 0.5) is 0 Å². The quantitative estimate of drug-likeness (QED) is 0.227. The van der Waals surface area contributed by atoms with E-state index in [2.05, 4.69) is 81.9 Å². The van der Waals surface area contributed by atoms with Crippen LogP contribution in [0.2, 0.25) is 0 Å². The molecule has 4 heteroatoms. The third kappa shape index (κ3) is 3.27. The summed E-state index contributed by atoms with van der Waals surface area (Å²) in [6, 6.07) is 49.9. The summed E-state index contributed by atoms with van der Waals surface area (Å²) in [4.78, 5) is 0. The first kappa shape index (κ1) is 23.8.